The van der Waals surface area contributed by atoms with Gasteiger partial charge in [-0.3, -0.25) is 4.79 Å². The summed E-state index contributed by atoms with van der Waals surface area (Å²) in [5.74, 6) is 0.170. The number of nitrogens with zero attached hydrogens (tertiary/aromatic N) is 1. The summed E-state index contributed by atoms with van der Waals surface area (Å²) in [5, 5.41) is 0.654. The van der Waals surface area contributed by atoms with Crippen LogP contribution in [0.1, 0.15) is 15.9 Å². The third-order valence-electron chi connectivity index (χ3n) is 3.63. The van der Waals surface area contributed by atoms with Crippen molar-refractivity contribution in [3.63, 3.8) is 0 Å². The van der Waals surface area contributed by atoms with Crippen LogP contribution in [-0.4, -0.2) is 12.9 Å². The molecule has 24 heavy (non-hydrogen) atoms. The number of carbonyl (C=O) groups excluding carboxylic acids is 1. The third-order valence-corrected chi connectivity index (χ3v) is 3.63. The molecule has 0 unspecified atom stereocenters. The van der Waals surface area contributed by atoms with Gasteiger partial charge in [0, 0.05) is 17.5 Å². The standard InChI is InChI=1S/C18H16NO4.ClH/c1-12-6-8-19(9-7-12)11-15(20)14-10-13-4-3-5-16(22-2)17(13)23-18(14)21;/h3-10H,11H2,1-2H3;1H/q+1;/p-1. The van der Waals surface area contributed by atoms with E-state index in [0.29, 0.717) is 16.7 Å². The highest BCUT2D eigenvalue weighted by atomic mass is 35.5. The molecule has 0 amide bonds. The number of rotatable bonds is 4. The second-order valence-electron chi connectivity index (χ2n) is 5.30. The number of methoxy groups -OCH3 is 1. The lowest BCUT2D eigenvalue weighted by atomic mass is 10.1. The fourth-order valence-electron chi connectivity index (χ4n) is 2.36. The van der Waals surface area contributed by atoms with Crippen LogP contribution in [0.4, 0.5) is 0 Å². The van der Waals surface area contributed by atoms with Crippen LogP contribution in [0, 0.1) is 6.92 Å². The van der Waals surface area contributed by atoms with Crippen molar-refractivity contribution in [2.24, 2.45) is 0 Å². The predicted octanol–water partition coefficient (Wildman–Crippen LogP) is -0.716. The Labute approximate surface area is 144 Å². The van der Waals surface area contributed by atoms with Crippen molar-refractivity contribution in [2.75, 3.05) is 7.11 Å². The normalized spacial score (nSPS) is 10.2. The molecule has 6 heteroatoms. The summed E-state index contributed by atoms with van der Waals surface area (Å²) in [5.41, 5.74) is 0.837. The maximum atomic E-state index is 12.4. The van der Waals surface area contributed by atoms with Crippen molar-refractivity contribution in [1.82, 2.24) is 0 Å². The molecule has 0 aliphatic rings. The lowest BCUT2D eigenvalue weighted by molar-refractivity contribution is -0.683. The molecule has 2 heterocycles. The van der Waals surface area contributed by atoms with Gasteiger partial charge in [0.05, 0.1) is 7.11 Å². The van der Waals surface area contributed by atoms with Crippen molar-refractivity contribution in [3.05, 3.63) is 70.3 Å². The van der Waals surface area contributed by atoms with Crippen LogP contribution in [0.2, 0.25) is 0 Å². The van der Waals surface area contributed by atoms with E-state index in [4.69, 9.17) is 9.15 Å². The van der Waals surface area contributed by atoms with E-state index in [9.17, 15) is 9.59 Å². The molecule has 0 N–H and O–H groups in total. The molecule has 0 atom stereocenters. The Bertz CT molecular complexity index is 932. The van der Waals surface area contributed by atoms with Crippen LogP contribution >= 0.6 is 0 Å². The first kappa shape index (κ1) is 17.7. The van der Waals surface area contributed by atoms with E-state index in [1.807, 2.05) is 19.1 Å². The topological polar surface area (TPSA) is 60.4 Å². The molecule has 3 rings (SSSR count). The fraction of sp³-hybridized carbons (Fsp3) is 0.167. The van der Waals surface area contributed by atoms with E-state index in [1.165, 1.54) is 7.11 Å². The molecule has 0 radical (unpaired) electrons. The highest BCUT2D eigenvalue weighted by Gasteiger charge is 2.18. The number of ketones is 1. The molecule has 124 valence electrons. The van der Waals surface area contributed by atoms with Gasteiger partial charge in [0.25, 0.3) is 0 Å². The lowest BCUT2D eigenvalue weighted by Crippen LogP contribution is -3.00. The first-order valence-electron chi connectivity index (χ1n) is 7.18. The van der Waals surface area contributed by atoms with E-state index < -0.39 is 5.63 Å². The number of para-hydroxylation sites is 1. The average molecular weight is 346 g/mol. The van der Waals surface area contributed by atoms with Gasteiger partial charge >= 0.3 is 5.63 Å². The summed E-state index contributed by atoms with van der Waals surface area (Å²) in [7, 11) is 1.50. The monoisotopic (exact) mass is 345 g/mol. The zero-order valence-corrected chi connectivity index (χ0v) is 14.0. The van der Waals surface area contributed by atoms with Crippen LogP contribution in [-0.2, 0) is 6.54 Å². The summed E-state index contributed by atoms with van der Waals surface area (Å²) in [6.07, 6.45) is 3.61. The minimum atomic E-state index is -0.653. The average Bonchev–Trinajstić information content (AvgIpc) is 2.55. The number of hydrogen-bond acceptors (Lipinski definition) is 4. The Morgan fingerprint density at radius 2 is 1.92 bits per heavy atom. The lowest BCUT2D eigenvalue weighted by Gasteiger charge is -2.04. The predicted molar refractivity (Wildman–Crippen MR) is 84.7 cm³/mol. The molecule has 2 aromatic heterocycles. The molecule has 0 bridgehead atoms. The molecular weight excluding hydrogens is 330 g/mol. The molecule has 0 spiro atoms. The molecule has 0 fully saturated rings. The molecule has 0 saturated carbocycles. The second kappa shape index (κ2) is 7.27. The number of Topliss-reactive ketones (excluding diaryl/α,β-unsaturated/α-hetero) is 1. The fourth-order valence-corrected chi connectivity index (χ4v) is 2.36. The third kappa shape index (κ3) is 3.46. The van der Waals surface area contributed by atoms with Crippen LogP contribution in [0.25, 0.3) is 11.0 Å². The summed E-state index contributed by atoms with van der Waals surface area (Å²) in [6.45, 7) is 2.05. The summed E-state index contributed by atoms with van der Waals surface area (Å²) < 4.78 is 12.2. The van der Waals surface area contributed by atoms with Crippen LogP contribution in [0.15, 0.2) is 58.0 Å². The van der Waals surface area contributed by atoms with Crippen molar-refractivity contribution < 1.29 is 30.9 Å². The Morgan fingerprint density at radius 3 is 2.58 bits per heavy atom. The number of pyridine rings is 1. The number of aromatic nitrogens is 1. The molecule has 0 aliphatic carbocycles. The summed E-state index contributed by atoms with van der Waals surface area (Å²) in [4.78, 5) is 24.5. The maximum Gasteiger partial charge on any atom is 0.347 e. The van der Waals surface area contributed by atoms with Crippen LogP contribution < -0.4 is 27.3 Å². The van der Waals surface area contributed by atoms with Gasteiger partial charge in [0.15, 0.2) is 23.7 Å². The molecule has 3 aromatic rings. The van der Waals surface area contributed by atoms with Gasteiger partial charge in [-0.1, -0.05) is 12.1 Å². The van der Waals surface area contributed by atoms with E-state index in [0.717, 1.165) is 5.56 Å². The van der Waals surface area contributed by atoms with E-state index in [-0.39, 0.29) is 30.3 Å². The molecule has 0 saturated heterocycles. The number of fused-ring (bicyclic) bond motifs is 1. The van der Waals surface area contributed by atoms with E-state index in [1.54, 1.807) is 41.2 Å². The number of carbonyl (C=O) groups is 1. The van der Waals surface area contributed by atoms with Crippen molar-refractivity contribution in [3.8, 4) is 5.75 Å². The van der Waals surface area contributed by atoms with Crippen LogP contribution in [0.3, 0.4) is 0 Å². The maximum absolute atomic E-state index is 12.4. The van der Waals surface area contributed by atoms with Gasteiger partial charge in [-0.05, 0) is 24.6 Å². The van der Waals surface area contributed by atoms with Crippen molar-refractivity contribution in [2.45, 2.75) is 13.5 Å². The van der Waals surface area contributed by atoms with Gasteiger partial charge in [-0.2, -0.15) is 4.57 Å². The summed E-state index contributed by atoms with van der Waals surface area (Å²) >= 11 is 0. The smallest absolute Gasteiger partial charge is 0.347 e. The molecule has 5 nitrogen and oxygen atoms in total. The van der Waals surface area contributed by atoms with Gasteiger partial charge in [0.1, 0.15) is 5.56 Å². The van der Waals surface area contributed by atoms with E-state index >= 15 is 0 Å². The minimum Gasteiger partial charge on any atom is -1.00 e. The highest BCUT2D eigenvalue weighted by molar-refractivity contribution is 5.98. The highest BCUT2D eigenvalue weighted by Crippen LogP contribution is 2.24. The number of halogens is 1. The van der Waals surface area contributed by atoms with Crippen molar-refractivity contribution in [1.29, 1.82) is 0 Å². The zero-order valence-electron chi connectivity index (χ0n) is 13.3. The largest absolute Gasteiger partial charge is 1.00 e. The quantitative estimate of drug-likeness (QED) is 0.356. The Morgan fingerprint density at radius 1 is 1.21 bits per heavy atom. The Hall–Kier alpha value is -2.66. The van der Waals surface area contributed by atoms with Gasteiger partial charge in [-0.15, -0.1) is 0 Å². The van der Waals surface area contributed by atoms with Crippen molar-refractivity contribution >= 4 is 16.8 Å². The number of hydrogen-bond donors (Lipinski definition) is 0. The molecular formula is C18H16ClNO4. The van der Waals surface area contributed by atoms with Gasteiger partial charge in [0.2, 0.25) is 12.3 Å². The molecule has 0 aliphatic heterocycles. The number of benzene rings is 1. The van der Waals surface area contributed by atoms with E-state index in [2.05, 4.69) is 0 Å². The second-order valence-corrected chi connectivity index (χ2v) is 5.30. The van der Waals surface area contributed by atoms with Crippen LogP contribution in [0.5, 0.6) is 5.75 Å². The minimum absolute atomic E-state index is 0. The Balaban J connectivity index is 0.00000208. The Kier molecular flexibility index (Phi) is 5.36. The first-order chi connectivity index (χ1) is 11.1. The SMILES string of the molecule is COc1cccc2cc(C(=O)C[n+]3ccc(C)cc3)c(=O)oc12.[Cl-]. The van der Waals surface area contributed by atoms with Gasteiger partial charge < -0.3 is 21.6 Å². The zero-order chi connectivity index (χ0) is 16.4. The summed E-state index contributed by atoms with van der Waals surface area (Å²) in [6, 6.07) is 10.6. The number of aryl methyl sites for hydroxylation is 1. The van der Waals surface area contributed by atoms with Gasteiger partial charge in [-0.25, -0.2) is 4.79 Å². The number of ether oxygens (including phenoxy) is 1. The molecule has 1 aromatic carbocycles. The first-order valence-corrected chi connectivity index (χ1v) is 7.18.